The summed E-state index contributed by atoms with van der Waals surface area (Å²) in [5, 5.41) is 16.3. The summed E-state index contributed by atoms with van der Waals surface area (Å²) in [7, 11) is -3.07. The van der Waals surface area contributed by atoms with Crippen LogP contribution in [0.4, 0.5) is 10.5 Å². The predicted octanol–water partition coefficient (Wildman–Crippen LogP) is 0.361. The highest BCUT2D eigenvalue weighted by Crippen LogP contribution is 2.23. The molecule has 1 aromatic heterocycles. The molecule has 1 saturated heterocycles. The zero-order valence-corrected chi connectivity index (χ0v) is 13.2. The van der Waals surface area contributed by atoms with Crippen molar-refractivity contribution >= 4 is 21.6 Å². The van der Waals surface area contributed by atoms with Gasteiger partial charge in [0.15, 0.2) is 9.84 Å². The SMILES string of the molecule is C[C@@]1(NC(=O)Nc2ccc(-n3cnnn3)cc2)CCS(=O)(=O)C1. The first-order chi connectivity index (χ1) is 10.9. The van der Waals surface area contributed by atoms with Crippen LogP contribution in [0.1, 0.15) is 13.3 Å². The molecule has 10 heteroatoms. The second-order valence-corrected chi connectivity index (χ2v) is 7.97. The zero-order chi connectivity index (χ0) is 16.5. The van der Waals surface area contributed by atoms with Crippen LogP contribution in [-0.2, 0) is 9.84 Å². The van der Waals surface area contributed by atoms with Gasteiger partial charge in [0.2, 0.25) is 0 Å². The first-order valence-corrected chi connectivity index (χ1v) is 8.80. The molecule has 1 aliphatic rings. The number of nitrogens with one attached hydrogen (secondary N) is 2. The molecular weight excluding hydrogens is 320 g/mol. The summed E-state index contributed by atoms with van der Waals surface area (Å²) < 4.78 is 24.6. The Hall–Kier alpha value is -2.49. The molecule has 0 bridgehead atoms. The first-order valence-electron chi connectivity index (χ1n) is 6.98. The van der Waals surface area contributed by atoms with E-state index in [1.54, 1.807) is 31.2 Å². The highest BCUT2D eigenvalue weighted by molar-refractivity contribution is 7.91. The molecule has 0 unspecified atom stereocenters. The van der Waals surface area contributed by atoms with Gasteiger partial charge in [0, 0.05) is 5.69 Å². The smallest absolute Gasteiger partial charge is 0.319 e. The summed E-state index contributed by atoms with van der Waals surface area (Å²) in [5.74, 6) is 0.0656. The molecule has 9 nitrogen and oxygen atoms in total. The molecule has 1 aromatic carbocycles. The first kappa shape index (κ1) is 15.4. The Morgan fingerprint density at radius 2 is 2.04 bits per heavy atom. The van der Waals surface area contributed by atoms with Crippen molar-refractivity contribution in [3.8, 4) is 5.69 Å². The monoisotopic (exact) mass is 336 g/mol. The second kappa shape index (κ2) is 5.61. The minimum absolute atomic E-state index is 0.0361. The largest absolute Gasteiger partial charge is 0.332 e. The average molecular weight is 336 g/mol. The van der Waals surface area contributed by atoms with Gasteiger partial charge in [-0.05, 0) is 48.0 Å². The lowest BCUT2D eigenvalue weighted by molar-refractivity contribution is 0.242. The second-order valence-electron chi connectivity index (χ2n) is 5.78. The Kier molecular flexibility index (Phi) is 3.76. The van der Waals surface area contributed by atoms with Crippen molar-refractivity contribution in [2.45, 2.75) is 18.9 Å². The van der Waals surface area contributed by atoms with Crippen molar-refractivity contribution in [1.29, 1.82) is 0 Å². The van der Waals surface area contributed by atoms with Gasteiger partial charge in [-0.2, -0.15) is 0 Å². The molecule has 0 radical (unpaired) electrons. The van der Waals surface area contributed by atoms with E-state index in [2.05, 4.69) is 26.2 Å². The Labute approximate surface area is 133 Å². The van der Waals surface area contributed by atoms with E-state index in [9.17, 15) is 13.2 Å². The fourth-order valence-corrected chi connectivity index (χ4v) is 4.62. The standard InChI is InChI=1S/C13H16N6O3S/c1-13(6-7-23(21,22)8-13)16-12(20)15-10-2-4-11(5-3-10)19-9-14-17-18-19/h2-5,9H,6-8H2,1H3,(H2,15,16,20)/t13-/m1/s1. The fourth-order valence-electron chi connectivity index (χ4n) is 2.52. The van der Waals surface area contributed by atoms with Gasteiger partial charge in [-0.1, -0.05) is 0 Å². The molecule has 2 amide bonds. The fraction of sp³-hybridized carbons (Fsp3) is 0.385. The summed E-state index contributed by atoms with van der Waals surface area (Å²) in [6, 6.07) is 6.51. The molecule has 0 spiro atoms. The van der Waals surface area contributed by atoms with Crippen LogP contribution in [0.25, 0.3) is 5.69 Å². The lowest BCUT2D eigenvalue weighted by Gasteiger charge is -2.24. The molecule has 2 aromatic rings. The van der Waals surface area contributed by atoms with Crippen LogP contribution in [0, 0.1) is 0 Å². The minimum Gasteiger partial charge on any atom is -0.332 e. The van der Waals surface area contributed by atoms with Crippen LogP contribution >= 0.6 is 0 Å². The van der Waals surface area contributed by atoms with Gasteiger partial charge in [-0.3, -0.25) is 0 Å². The Bertz CT molecular complexity index is 803. The van der Waals surface area contributed by atoms with Gasteiger partial charge in [0.05, 0.1) is 22.7 Å². The number of hydrogen-bond acceptors (Lipinski definition) is 6. The van der Waals surface area contributed by atoms with Crippen LogP contribution < -0.4 is 10.6 Å². The van der Waals surface area contributed by atoms with Crippen LogP contribution in [0.15, 0.2) is 30.6 Å². The molecule has 1 fully saturated rings. The van der Waals surface area contributed by atoms with E-state index in [1.165, 1.54) is 11.0 Å². The molecule has 0 saturated carbocycles. The van der Waals surface area contributed by atoms with E-state index in [1.807, 2.05) is 0 Å². The predicted molar refractivity (Wildman–Crippen MR) is 83.0 cm³/mol. The molecule has 3 rings (SSSR count). The summed E-state index contributed by atoms with van der Waals surface area (Å²) in [6.07, 6.45) is 1.89. The van der Waals surface area contributed by atoms with Crippen molar-refractivity contribution in [3.05, 3.63) is 30.6 Å². The number of nitrogens with zero attached hydrogens (tertiary/aromatic N) is 4. The Morgan fingerprint density at radius 3 is 2.61 bits per heavy atom. The van der Waals surface area contributed by atoms with E-state index >= 15 is 0 Å². The topological polar surface area (TPSA) is 119 Å². The minimum atomic E-state index is -3.07. The number of carbonyl (C=O) groups is 1. The van der Waals surface area contributed by atoms with E-state index in [0.29, 0.717) is 12.1 Å². The number of anilines is 1. The Balaban J connectivity index is 1.62. The maximum atomic E-state index is 12.0. The molecule has 2 N–H and O–H groups in total. The van der Waals surface area contributed by atoms with Crippen molar-refractivity contribution in [3.63, 3.8) is 0 Å². The zero-order valence-electron chi connectivity index (χ0n) is 12.4. The van der Waals surface area contributed by atoms with Gasteiger partial charge in [-0.25, -0.2) is 17.9 Å². The summed E-state index contributed by atoms with van der Waals surface area (Å²) in [5.41, 5.74) is 0.619. The van der Waals surface area contributed by atoms with Gasteiger partial charge < -0.3 is 10.6 Å². The third-order valence-electron chi connectivity index (χ3n) is 3.66. The van der Waals surface area contributed by atoms with Crippen molar-refractivity contribution in [2.24, 2.45) is 0 Å². The molecule has 0 aliphatic carbocycles. The van der Waals surface area contributed by atoms with Crippen LogP contribution in [0.3, 0.4) is 0 Å². The third kappa shape index (κ3) is 3.65. The lowest BCUT2D eigenvalue weighted by Crippen LogP contribution is -2.48. The van der Waals surface area contributed by atoms with E-state index in [-0.39, 0.29) is 11.5 Å². The molecule has 1 atom stereocenters. The maximum Gasteiger partial charge on any atom is 0.319 e. The Morgan fingerprint density at radius 1 is 1.30 bits per heavy atom. The van der Waals surface area contributed by atoms with Gasteiger partial charge >= 0.3 is 6.03 Å². The quantitative estimate of drug-likeness (QED) is 0.835. The lowest BCUT2D eigenvalue weighted by atomic mass is 10.0. The van der Waals surface area contributed by atoms with Crippen molar-refractivity contribution in [1.82, 2.24) is 25.5 Å². The molecule has 2 heterocycles. The summed E-state index contributed by atoms with van der Waals surface area (Å²) in [4.78, 5) is 12.0. The number of urea groups is 1. The number of benzene rings is 1. The molecule has 1 aliphatic heterocycles. The third-order valence-corrected chi connectivity index (χ3v) is 5.56. The number of amides is 2. The van der Waals surface area contributed by atoms with Crippen molar-refractivity contribution in [2.75, 3.05) is 16.8 Å². The van der Waals surface area contributed by atoms with E-state index in [4.69, 9.17) is 0 Å². The number of sulfone groups is 1. The number of hydrogen-bond donors (Lipinski definition) is 2. The molecular formula is C13H16N6O3S. The molecule has 23 heavy (non-hydrogen) atoms. The van der Waals surface area contributed by atoms with E-state index < -0.39 is 21.4 Å². The molecule has 122 valence electrons. The van der Waals surface area contributed by atoms with Gasteiger partial charge in [-0.15, -0.1) is 5.10 Å². The maximum absolute atomic E-state index is 12.0. The summed E-state index contributed by atoms with van der Waals surface area (Å²) >= 11 is 0. The van der Waals surface area contributed by atoms with Gasteiger partial charge in [0.1, 0.15) is 6.33 Å². The van der Waals surface area contributed by atoms with Crippen LogP contribution in [-0.4, -0.2) is 51.7 Å². The number of rotatable bonds is 3. The summed E-state index contributed by atoms with van der Waals surface area (Å²) in [6.45, 7) is 1.73. The number of aromatic nitrogens is 4. The van der Waals surface area contributed by atoms with E-state index in [0.717, 1.165) is 5.69 Å². The number of tetrazole rings is 1. The average Bonchev–Trinajstić information content (AvgIpc) is 3.08. The highest BCUT2D eigenvalue weighted by atomic mass is 32.2. The van der Waals surface area contributed by atoms with Crippen molar-refractivity contribution < 1.29 is 13.2 Å². The highest BCUT2D eigenvalue weighted by Gasteiger charge is 2.39. The van der Waals surface area contributed by atoms with Crippen LogP contribution in [0.2, 0.25) is 0 Å². The van der Waals surface area contributed by atoms with Gasteiger partial charge in [0.25, 0.3) is 0 Å². The number of carbonyl (C=O) groups excluding carboxylic acids is 1. The normalized spacial score (nSPS) is 22.7. The van der Waals surface area contributed by atoms with Crippen LogP contribution in [0.5, 0.6) is 0 Å².